The fraction of sp³-hybridized carbons (Fsp3) is 0.533. The molecule has 3 rings (SSSR count). The summed E-state index contributed by atoms with van der Waals surface area (Å²) in [6.07, 6.45) is 2.74. The van der Waals surface area contributed by atoms with Crippen molar-refractivity contribution in [2.24, 2.45) is 0 Å². The van der Waals surface area contributed by atoms with Crippen LogP contribution < -0.4 is 0 Å². The normalized spacial score (nSPS) is 21.5. The Bertz CT molecular complexity index is 465. The topological polar surface area (TPSA) is 23.6 Å². The average molecular weight is 323 g/mol. The molecule has 0 unspecified atom stereocenters. The van der Waals surface area contributed by atoms with E-state index < -0.39 is 0 Å². The second-order valence-corrected chi connectivity index (χ2v) is 6.30. The number of rotatable bonds is 4. The Kier molecular flexibility index (Phi) is 4.01. The molecule has 4 heteroatoms. The molecule has 0 aromatic heterocycles. The minimum atomic E-state index is 0.215. The molecule has 1 aromatic rings. The molecule has 1 aliphatic carbocycles. The number of carbonyl (C=O) groups is 1. The molecule has 1 heterocycles. The molecule has 1 saturated heterocycles. The lowest BCUT2D eigenvalue weighted by Gasteiger charge is -2.34. The van der Waals surface area contributed by atoms with Crippen LogP contribution in [0.3, 0.4) is 0 Å². The first kappa shape index (κ1) is 13.3. The Hall–Kier alpha value is -0.710. The van der Waals surface area contributed by atoms with E-state index in [1.807, 2.05) is 24.3 Å². The third-order valence-corrected chi connectivity index (χ3v) is 4.70. The minimum Gasteiger partial charge on any atom is -0.298 e. The first-order valence-corrected chi connectivity index (χ1v) is 7.77. The van der Waals surface area contributed by atoms with E-state index in [0.29, 0.717) is 6.54 Å². The maximum Gasteiger partial charge on any atom is 0.177 e. The van der Waals surface area contributed by atoms with Crippen molar-refractivity contribution in [1.29, 1.82) is 0 Å². The van der Waals surface area contributed by atoms with Crippen molar-refractivity contribution in [3.8, 4) is 0 Å². The Morgan fingerprint density at radius 2 is 1.84 bits per heavy atom. The van der Waals surface area contributed by atoms with Crippen LogP contribution in [-0.2, 0) is 0 Å². The molecule has 19 heavy (non-hydrogen) atoms. The maximum atomic E-state index is 12.3. The maximum absolute atomic E-state index is 12.3. The number of halogens is 1. The zero-order chi connectivity index (χ0) is 13.2. The van der Waals surface area contributed by atoms with E-state index in [1.165, 1.54) is 12.8 Å². The van der Waals surface area contributed by atoms with Gasteiger partial charge in [-0.2, -0.15) is 0 Å². The summed E-state index contributed by atoms with van der Waals surface area (Å²) in [5.74, 6) is 0.215. The quantitative estimate of drug-likeness (QED) is 0.795. The Morgan fingerprint density at radius 3 is 2.47 bits per heavy atom. The van der Waals surface area contributed by atoms with Crippen LogP contribution in [0, 0.1) is 0 Å². The van der Waals surface area contributed by atoms with Gasteiger partial charge in [0.25, 0.3) is 0 Å². The molecule has 0 bridgehead atoms. The van der Waals surface area contributed by atoms with Gasteiger partial charge in [-0.3, -0.25) is 14.6 Å². The zero-order valence-electron chi connectivity index (χ0n) is 11.0. The fourth-order valence-electron chi connectivity index (χ4n) is 2.70. The van der Waals surface area contributed by atoms with Gasteiger partial charge in [0.15, 0.2) is 5.78 Å². The van der Waals surface area contributed by atoms with Gasteiger partial charge in [-0.25, -0.2) is 0 Å². The summed E-state index contributed by atoms with van der Waals surface area (Å²) < 4.78 is 0.900. The summed E-state index contributed by atoms with van der Waals surface area (Å²) in [6.45, 7) is 4.82. The summed E-state index contributed by atoms with van der Waals surface area (Å²) in [7, 11) is 0. The van der Waals surface area contributed by atoms with Crippen molar-refractivity contribution in [3.05, 3.63) is 34.3 Å². The van der Waals surface area contributed by atoms with Gasteiger partial charge in [-0.15, -0.1) is 0 Å². The molecular weight excluding hydrogens is 304 g/mol. The Morgan fingerprint density at radius 1 is 1.16 bits per heavy atom. The molecule has 2 fully saturated rings. The number of Topliss-reactive ketones (excluding diaryl/α,β-unsaturated/α-hetero) is 1. The largest absolute Gasteiger partial charge is 0.298 e. The van der Waals surface area contributed by atoms with Crippen LogP contribution in [-0.4, -0.2) is 54.3 Å². The van der Waals surface area contributed by atoms with Crippen LogP contribution in [0.1, 0.15) is 23.2 Å². The van der Waals surface area contributed by atoms with Gasteiger partial charge in [-0.05, 0) is 18.9 Å². The van der Waals surface area contributed by atoms with Crippen molar-refractivity contribution < 1.29 is 4.79 Å². The molecule has 0 radical (unpaired) electrons. The van der Waals surface area contributed by atoms with E-state index >= 15 is 0 Å². The number of hydrogen-bond acceptors (Lipinski definition) is 3. The van der Waals surface area contributed by atoms with Gasteiger partial charge in [0.2, 0.25) is 0 Å². The predicted octanol–water partition coefficient (Wildman–Crippen LogP) is 2.41. The van der Waals surface area contributed by atoms with Crippen LogP contribution in [0.2, 0.25) is 0 Å². The molecule has 0 atom stereocenters. The standard InChI is InChI=1S/C15H19BrN2O/c16-14-4-2-1-3-13(14)15(19)11-17-7-9-18(10-8-17)12-5-6-12/h1-4,12H,5-11H2. The third kappa shape index (κ3) is 3.25. The molecule has 0 N–H and O–H groups in total. The average Bonchev–Trinajstić information content (AvgIpc) is 3.24. The van der Waals surface area contributed by atoms with Crippen molar-refractivity contribution in [1.82, 2.24) is 9.80 Å². The number of hydrogen-bond donors (Lipinski definition) is 0. The molecular formula is C15H19BrN2O. The van der Waals surface area contributed by atoms with E-state index in [9.17, 15) is 4.79 Å². The van der Waals surface area contributed by atoms with Gasteiger partial charge >= 0.3 is 0 Å². The molecule has 1 saturated carbocycles. The molecule has 102 valence electrons. The summed E-state index contributed by atoms with van der Waals surface area (Å²) in [4.78, 5) is 17.1. The van der Waals surface area contributed by atoms with Crippen LogP contribution in [0.15, 0.2) is 28.7 Å². The Labute approximate surface area is 122 Å². The third-order valence-electron chi connectivity index (χ3n) is 4.01. The SMILES string of the molecule is O=C(CN1CCN(C2CC2)CC1)c1ccccc1Br. The van der Waals surface area contributed by atoms with Gasteiger partial charge in [-0.1, -0.05) is 34.1 Å². The van der Waals surface area contributed by atoms with Gasteiger partial charge < -0.3 is 0 Å². The number of benzene rings is 1. The van der Waals surface area contributed by atoms with Gasteiger partial charge in [0.05, 0.1) is 6.54 Å². The fourth-order valence-corrected chi connectivity index (χ4v) is 3.21. The lowest BCUT2D eigenvalue weighted by molar-refractivity contribution is 0.0843. The van der Waals surface area contributed by atoms with E-state index in [4.69, 9.17) is 0 Å². The highest BCUT2D eigenvalue weighted by Crippen LogP contribution is 2.27. The molecule has 0 spiro atoms. The smallest absolute Gasteiger partial charge is 0.177 e. The highest BCUT2D eigenvalue weighted by molar-refractivity contribution is 9.10. The predicted molar refractivity (Wildman–Crippen MR) is 79.5 cm³/mol. The lowest BCUT2D eigenvalue weighted by atomic mass is 10.1. The number of nitrogens with zero attached hydrogens (tertiary/aromatic N) is 2. The van der Waals surface area contributed by atoms with Crippen LogP contribution >= 0.6 is 15.9 Å². The second-order valence-electron chi connectivity index (χ2n) is 5.45. The molecule has 0 amide bonds. The highest BCUT2D eigenvalue weighted by Gasteiger charge is 2.31. The van der Waals surface area contributed by atoms with Crippen molar-refractivity contribution >= 4 is 21.7 Å². The summed E-state index contributed by atoms with van der Waals surface area (Å²) in [5, 5.41) is 0. The van der Waals surface area contributed by atoms with Crippen molar-refractivity contribution in [3.63, 3.8) is 0 Å². The summed E-state index contributed by atoms with van der Waals surface area (Å²) in [6, 6.07) is 8.53. The highest BCUT2D eigenvalue weighted by atomic mass is 79.9. The summed E-state index contributed by atoms with van der Waals surface area (Å²) in [5.41, 5.74) is 0.798. The second kappa shape index (κ2) is 5.73. The molecule has 1 aromatic carbocycles. The van der Waals surface area contributed by atoms with Crippen LogP contribution in [0.5, 0.6) is 0 Å². The number of ketones is 1. The van der Waals surface area contributed by atoms with Crippen LogP contribution in [0.25, 0.3) is 0 Å². The van der Waals surface area contributed by atoms with E-state index in [0.717, 1.165) is 42.3 Å². The van der Waals surface area contributed by atoms with Crippen molar-refractivity contribution in [2.75, 3.05) is 32.7 Å². The zero-order valence-corrected chi connectivity index (χ0v) is 12.6. The molecule has 3 nitrogen and oxygen atoms in total. The minimum absolute atomic E-state index is 0.215. The van der Waals surface area contributed by atoms with Gasteiger partial charge in [0.1, 0.15) is 0 Å². The first-order chi connectivity index (χ1) is 9.24. The van der Waals surface area contributed by atoms with Crippen LogP contribution in [0.4, 0.5) is 0 Å². The Balaban J connectivity index is 1.54. The molecule has 2 aliphatic rings. The monoisotopic (exact) mass is 322 g/mol. The van der Waals surface area contributed by atoms with Crippen molar-refractivity contribution in [2.45, 2.75) is 18.9 Å². The van der Waals surface area contributed by atoms with E-state index in [2.05, 4.69) is 25.7 Å². The molecule has 1 aliphatic heterocycles. The first-order valence-electron chi connectivity index (χ1n) is 6.98. The number of carbonyl (C=O) groups excluding carboxylic acids is 1. The summed E-state index contributed by atoms with van der Waals surface area (Å²) >= 11 is 3.45. The van der Waals surface area contributed by atoms with E-state index in [-0.39, 0.29) is 5.78 Å². The van der Waals surface area contributed by atoms with Gasteiger partial charge in [0, 0.05) is 42.3 Å². The lowest BCUT2D eigenvalue weighted by Crippen LogP contribution is -2.48. The number of piperazine rings is 1. The van der Waals surface area contributed by atoms with E-state index in [1.54, 1.807) is 0 Å².